The lowest BCUT2D eigenvalue weighted by Crippen LogP contribution is -2.66. The van der Waals surface area contributed by atoms with Crippen molar-refractivity contribution in [2.75, 3.05) is 0 Å². The fourth-order valence-corrected chi connectivity index (χ4v) is 9.78. The van der Waals surface area contributed by atoms with Crippen molar-refractivity contribution in [1.29, 1.82) is 0 Å². The van der Waals surface area contributed by atoms with E-state index in [0.717, 1.165) is 38.1 Å². The lowest BCUT2D eigenvalue weighted by atomic mass is 9.93. The molecule has 1 aliphatic heterocycles. The number of fused-ring (bicyclic) bond motifs is 6. The third kappa shape index (κ3) is 4.77. The Labute approximate surface area is 294 Å². The SMILES string of the molecule is CC(C)c1c(S(=O)(=O)C(F)(F)C(F)(F)C(F)(F)C(F)(F)F)ccc2cc3c(cc12)oc1cc2cc4c(cc2cc13)C(F)(C(F)(F)C(F)(F)C(F)(F)F)S4(=O)=O. The molecule has 0 saturated carbocycles. The molecule has 0 spiro atoms. The second-order valence-electron chi connectivity index (χ2n) is 12.8. The minimum absolute atomic E-state index is 0.0628. The van der Waals surface area contributed by atoms with Crippen LogP contribution in [0.3, 0.4) is 0 Å². The molecule has 0 fully saturated rings. The van der Waals surface area contributed by atoms with E-state index in [9.17, 15) is 87.1 Å². The number of halogens is 17. The van der Waals surface area contributed by atoms with Crippen LogP contribution in [0.1, 0.15) is 30.9 Å². The summed E-state index contributed by atoms with van der Waals surface area (Å²) in [6.45, 7) is 2.21. The highest BCUT2D eigenvalue weighted by Crippen LogP contribution is 2.65. The van der Waals surface area contributed by atoms with Crippen LogP contribution in [-0.2, 0) is 24.7 Å². The van der Waals surface area contributed by atoms with Crippen molar-refractivity contribution >= 4 is 63.2 Å². The summed E-state index contributed by atoms with van der Waals surface area (Å²) < 4.78 is 292. The van der Waals surface area contributed by atoms with Gasteiger partial charge in [0.15, 0.2) is 0 Å². The standard InChI is InChI=1S/C31H15F17O5S2/c1-11(2)23-15-10-20-16(5-12(15)3-4-21(23)55(51,52)31(47,48)28(39,40)27(37,38)30(44,45)46)17-6-13-7-18-22(9-14(13)8-19(17)53-20)54(49,50)24(18,32)25(33,34)26(35,36)29(41,42)43/h3-11H,1-2H3. The van der Waals surface area contributed by atoms with E-state index < -0.39 is 104 Å². The Morgan fingerprint density at radius 1 is 0.618 bits per heavy atom. The van der Waals surface area contributed by atoms with Gasteiger partial charge in [0.05, 0.1) is 9.79 Å². The molecule has 0 amide bonds. The van der Waals surface area contributed by atoms with Gasteiger partial charge in [-0.1, -0.05) is 19.9 Å². The number of sulfone groups is 2. The van der Waals surface area contributed by atoms with Crippen LogP contribution in [0.4, 0.5) is 74.6 Å². The van der Waals surface area contributed by atoms with Gasteiger partial charge >= 0.3 is 46.3 Å². The maximum atomic E-state index is 15.6. The first-order valence-electron chi connectivity index (χ1n) is 14.7. The van der Waals surface area contributed by atoms with Gasteiger partial charge in [-0.25, -0.2) is 21.2 Å². The number of furan rings is 1. The summed E-state index contributed by atoms with van der Waals surface area (Å²) >= 11 is 0. The third-order valence-electron chi connectivity index (χ3n) is 9.15. The van der Waals surface area contributed by atoms with E-state index in [-0.39, 0.29) is 44.8 Å². The van der Waals surface area contributed by atoms with Crippen molar-refractivity contribution in [3.63, 3.8) is 0 Å². The van der Waals surface area contributed by atoms with Crippen LogP contribution >= 0.6 is 0 Å². The molecule has 55 heavy (non-hydrogen) atoms. The molecule has 0 saturated heterocycles. The van der Waals surface area contributed by atoms with Crippen molar-refractivity contribution in [2.45, 2.75) is 75.9 Å². The van der Waals surface area contributed by atoms with Crippen LogP contribution in [0, 0.1) is 0 Å². The van der Waals surface area contributed by atoms with Gasteiger partial charge in [0.25, 0.3) is 0 Å². The zero-order valence-electron chi connectivity index (χ0n) is 26.5. The zero-order valence-corrected chi connectivity index (χ0v) is 28.1. The van der Waals surface area contributed by atoms with Gasteiger partial charge in [0, 0.05) is 16.3 Å². The summed E-state index contributed by atoms with van der Waals surface area (Å²) in [7, 11) is -13.3. The Morgan fingerprint density at radius 3 is 1.62 bits per heavy atom. The highest BCUT2D eigenvalue weighted by molar-refractivity contribution is 7.94. The summed E-state index contributed by atoms with van der Waals surface area (Å²) in [5.74, 6) is -30.4. The molecular formula is C31H15F17O5S2. The topological polar surface area (TPSA) is 81.4 Å². The first-order chi connectivity index (χ1) is 24.6. The van der Waals surface area contributed by atoms with Gasteiger partial charge in [-0.05, 0) is 75.5 Å². The highest BCUT2D eigenvalue weighted by atomic mass is 32.2. The third-order valence-corrected chi connectivity index (χ3v) is 13.1. The number of hydrogen-bond acceptors (Lipinski definition) is 5. The fraction of sp³-hybridized carbons (Fsp3) is 0.355. The Bertz CT molecular complexity index is 2690. The summed E-state index contributed by atoms with van der Waals surface area (Å²) in [4.78, 5) is -3.16. The molecule has 0 N–H and O–H groups in total. The Hall–Kier alpha value is -4.09. The van der Waals surface area contributed by atoms with Gasteiger partial charge in [0.2, 0.25) is 19.7 Å². The summed E-state index contributed by atoms with van der Waals surface area (Å²) in [6, 6.07) is 5.55. The normalized spacial score (nSPS) is 19.1. The molecule has 1 unspecified atom stereocenters. The maximum Gasteiger partial charge on any atom is 0.460 e. The quantitative estimate of drug-likeness (QED) is 0.152. The maximum absolute atomic E-state index is 15.6. The first-order valence-corrected chi connectivity index (χ1v) is 17.6. The van der Waals surface area contributed by atoms with E-state index >= 15 is 4.39 Å². The number of hydrogen-bond donors (Lipinski definition) is 0. The van der Waals surface area contributed by atoms with Crippen molar-refractivity contribution in [3.05, 3.63) is 59.7 Å². The van der Waals surface area contributed by atoms with Crippen molar-refractivity contribution in [1.82, 2.24) is 0 Å². The average molecular weight is 855 g/mol. The summed E-state index contributed by atoms with van der Waals surface area (Å²) in [5, 5.41) is -14.1. The molecule has 0 radical (unpaired) electrons. The minimum atomic E-state index is -7.54. The van der Waals surface area contributed by atoms with Gasteiger partial charge in [-0.3, -0.25) is 0 Å². The lowest BCUT2D eigenvalue weighted by Gasteiger charge is -2.43. The molecule has 1 atom stereocenters. The molecule has 5 aromatic rings. The monoisotopic (exact) mass is 854 g/mol. The van der Waals surface area contributed by atoms with E-state index in [1.807, 2.05) is 0 Å². The van der Waals surface area contributed by atoms with Gasteiger partial charge in [-0.2, -0.15) is 70.2 Å². The Morgan fingerprint density at radius 2 is 1.11 bits per heavy atom. The van der Waals surface area contributed by atoms with Crippen molar-refractivity contribution in [2.24, 2.45) is 0 Å². The summed E-state index contributed by atoms with van der Waals surface area (Å²) in [5.41, 5.74) is -3.15. The predicted octanol–water partition coefficient (Wildman–Crippen LogP) is 11.0. The summed E-state index contributed by atoms with van der Waals surface area (Å²) in [6.07, 6.45) is -14.4. The predicted molar refractivity (Wildman–Crippen MR) is 157 cm³/mol. The van der Waals surface area contributed by atoms with Crippen molar-refractivity contribution in [3.8, 4) is 0 Å². The highest BCUT2D eigenvalue weighted by Gasteiger charge is 2.88. The molecule has 0 aliphatic carbocycles. The van der Waals surface area contributed by atoms with Crippen LogP contribution in [0.15, 0.2) is 62.7 Å². The van der Waals surface area contributed by atoms with Gasteiger partial charge in [0.1, 0.15) is 11.2 Å². The molecule has 4 aromatic carbocycles. The second-order valence-corrected chi connectivity index (χ2v) is 16.7. The molecule has 6 rings (SSSR count). The molecular weight excluding hydrogens is 839 g/mol. The fourth-order valence-electron chi connectivity index (χ4n) is 6.31. The largest absolute Gasteiger partial charge is 0.460 e. The van der Waals surface area contributed by atoms with Crippen LogP contribution in [0.5, 0.6) is 0 Å². The van der Waals surface area contributed by atoms with Crippen LogP contribution < -0.4 is 0 Å². The molecule has 2 heterocycles. The van der Waals surface area contributed by atoms with E-state index in [1.165, 1.54) is 0 Å². The number of rotatable bonds is 7. The van der Waals surface area contributed by atoms with Crippen LogP contribution in [0.2, 0.25) is 0 Å². The van der Waals surface area contributed by atoms with E-state index in [2.05, 4.69) is 0 Å². The van der Waals surface area contributed by atoms with Crippen LogP contribution in [-0.4, -0.2) is 58.1 Å². The Kier molecular flexibility index (Phi) is 8.16. The molecule has 24 heteroatoms. The molecule has 5 nitrogen and oxygen atoms in total. The smallest absolute Gasteiger partial charge is 0.456 e. The molecule has 300 valence electrons. The van der Waals surface area contributed by atoms with E-state index in [0.29, 0.717) is 12.1 Å². The van der Waals surface area contributed by atoms with Gasteiger partial charge < -0.3 is 4.42 Å². The number of alkyl halides is 17. The van der Waals surface area contributed by atoms with Crippen molar-refractivity contribution < 1.29 is 95.9 Å². The molecule has 1 aromatic heterocycles. The average Bonchev–Trinajstić information content (AvgIpc) is 3.38. The molecule has 0 bridgehead atoms. The first kappa shape index (κ1) is 40.6. The van der Waals surface area contributed by atoms with E-state index in [4.69, 9.17) is 4.42 Å². The number of benzene rings is 4. The second kappa shape index (κ2) is 11.1. The van der Waals surface area contributed by atoms with Gasteiger partial charge in [-0.15, -0.1) is 0 Å². The Balaban J connectivity index is 1.56. The van der Waals surface area contributed by atoms with Crippen LogP contribution in [0.25, 0.3) is 43.5 Å². The minimum Gasteiger partial charge on any atom is -0.456 e. The molecule has 1 aliphatic rings. The van der Waals surface area contributed by atoms with E-state index in [1.54, 1.807) is 0 Å². The lowest BCUT2D eigenvalue weighted by molar-refractivity contribution is -0.382. The zero-order chi connectivity index (χ0) is 41.9.